The van der Waals surface area contributed by atoms with Crippen molar-refractivity contribution in [2.24, 2.45) is 5.92 Å². The first-order chi connectivity index (χ1) is 13.5. The average Bonchev–Trinajstić information content (AvgIpc) is 3.13. The summed E-state index contributed by atoms with van der Waals surface area (Å²) in [6, 6.07) is 2.69. The molecular formula is C19H22FN5O3. The number of amides is 2. The molecule has 0 saturated carbocycles. The van der Waals surface area contributed by atoms with Gasteiger partial charge in [0.15, 0.2) is 17.3 Å². The van der Waals surface area contributed by atoms with Crippen LogP contribution >= 0.6 is 0 Å². The van der Waals surface area contributed by atoms with Crippen molar-refractivity contribution in [3.05, 3.63) is 41.6 Å². The van der Waals surface area contributed by atoms with E-state index in [-0.39, 0.29) is 23.4 Å². The molecule has 28 heavy (non-hydrogen) atoms. The zero-order valence-corrected chi connectivity index (χ0v) is 15.7. The second-order valence-corrected chi connectivity index (χ2v) is 7.44. The number of likely N-dealkylation sites (tertiary alicyclic amines) is 2. The number of halogens is 1. The highest BCUT2D eigenvalue weighted by molar-refractivity contribution is 5.93. The average molecular weight is 387 g/mol. The Balaban J connectivity index is 1.28. The van der Waals surface area contributed by atoms with Gasteiger partial charge in [0.1, 0.15) is 0 Å². The minimum Gasteiger partial charge on any atom is -0.343 e. The van der Waals surface area contributed by atoms with E-state index in [1.165, 1.54) is 18.3 Å². The fraction of sp³-hybridized carbons (Fsp3) is 0.526. The Kier molecular flexibility index (Phi) is 5.06. The van der Waals surface area contributed by atoms with Crippen molar-refractivity contribution in [3.63, 3.8) is 0 Å². The summed E-state index contributed by atoms with van der Waals surface area (Å²) in [7, 11) is 0. The van der Waals surface area contributed by atoms with E-state index in [4.69, 9.17) is 4.52 Å². The molecule has 0 bridgehead atoms. The maximum atomic E-state index is 13.7. The molecule has 0 atom stereocenters. The van der Waals surface area contributed by atoms with Crippen LogP contribution in [0.1, 0.15) is 47.9 Å². The van der Waals surface area contributed by atoms with E-state index in [9.17, 15) is 14.0 Å². The Morgan fingerprint density at radius 2 is 2.00 bits per heavy atom. The Hall–Kier alpha value is -2.84. The van der Waals surface area contributed by atoms with E-state index in [0.29, 0.717) is 44.3 Å². The molecule has 8 nitrogen and oxygen atoms in total. The van der Waals surface area contributed by atoms with Gasteiger partial charge in [0.25, 0.3) is 5.91 Å². The topological polar surface area (TPSA) is 92.4 Å². The van der Waals surface area contributed by atoms with Crippen molar-refractivity contribution in [1.29, 1.82) is 0 Å². The number of nitrogens with zero attached hydrogens (tertiary/aromatic N) is 5. The lowest BCUT2D eigenvalue weighted by molar-refractivity contribution is -0.129. The number of piperidine rings is 1. The monoisotopic (exact) mass is 387 g/mol. The highest BCUT2D eigenvalue weighted by atomic mass is 19.1. The normalized spacial score (nSPS) is 18.2. The first-order valence-electron chi connectivity index (χ1n) is 9.49. The smallest absolute Gasteiger partial charge is 0.275 e. The third kappa shape index (κ3) is 3.74. The lowest BCUT2D eigenvalue weighted by Gasteiger charge is -2.38. The van der Waals surface area contributed by atoms with Gasteiger partial charge in [0, 0.05) is 57.6 Å². The first-order valence-corrected chi connectivity index (χ1v) is 9.49. The van der Waals surface area contributed by atoms with Crippen LogP contribution in [0.2, 0.25) is 0 Å². The summed E-state index contributed by atoms with van der Waals surface area (Å²) < 4.78 is 19.1. The predicted octanol–water partition coefficient (Wildman–Crippen LogP) is 1.64. The van der Waals surface area contributed by atoms with Crippen LogP contribution in [-0.2, 0) is 11.2 Å². The Morgan fingerprint density at radius 1 is 1.25 bits per heavy atom. The molecule has 4 rings (SSSR count). The van der Waals surface area contributed by atoms with Crippen LogP contribution in [-0.4, -0.2) is 62.9 Å². The van der Waals surface area contributed by atoms with Gasteiger partial charge in [-0.2, -0.15) is 4.98 Å². The second kappa shape index (κ2) is 7.65. The third-order valence-corrected chi connectivity index (χ3v) is 5.46. The lowest BCUT2D eigenvalue weighted by Crippen LogP contribution is -2.51. The van der Waals surface area contributed by atoms with Crippen molar-refractivity contribution in [2.45, 2.75) is 32.1 Å². The van der Waals surface area contributed by atoms with Crippen molar-refractivity contribution < 1.29 is 18.5 Å². The first kappa shape index (κ1) is 18.5. The molecule has 2 fully saturated rings. The minimum atomic E-state index is -0.603. The van der Waals surface area contributed by atoms with E-state index in [1.54, 1.807) is 11.8 Å². The maximum Gasteiger partial charge on any atom is 0.275 e. The van der Waals surface area contributed by atoms with Gasteiger partial charge in [-0.15, -0.1) is 0 Å². The summed E-state index contributed by atoms with van der Waals surface area (Å²) in [6.07, 6.45) is 3.67. The van der Waals surface area contributed by atoms with Crippen LogP contribution in [0.5, 0.6) is 0 Å². The fourth-order valence-corrected chi connectivity index (χ4v) is 3.77. The van der Waals surface area contributed by atoms with E-state index < -0.39 is 11.7 Å². The van der Waals surface area contributed by atoms with Crippen LogP contribution in [0.3, 0.4) is 0 Å². The van der Waals surface area contributed by atoms with Crippen molar-refractivity contribution in [1.82, 2.24) is 24.9 Å². The van der Waals surface area contributed by atoms with Crippen LogP contribution in [0.15, 0.2) is 22.9 Å². The number of hydrogen-bond acceptors (Lipinski definition) is 6. The highest BCUT2D eigenvalue weighted by Gasteiger charge is 2.34. The van der Waals surface area contributed by atoms with E-state index in [1.807, 2.05) is 4.90 Å². The summed E-state index contributed by atoms with van der Waals surface area (Å²) in [4.78, 5) is 35.4. The standard InChI is InChI=1S/C19H22FN5O3/c1-12(26)24-7-4-14(5-8-24)18-22-16(28-23-18)9-13-10-25(11-13)19(27)17-15(20)3-2-6-21-17/h2-3,6,13-14H,4-5,7-11H2,1H3. The fourth-order valence-electron chi connectivity index (χ4n) is 3.77. The molecule has 9 heteroatoms. The summed E-state index contributed by atoms with van der Waals surface area (Å²) >= 11 is 0. The number of hydrogen-bond donors (Lipinski definition) is 0. The molecule has 0 radical (unpaired) electrons. The van der Waals surface area contributed by atoms with Gasteiger partial charge >= 0.3 is 0 Å². The van der Waals surface area contributed by atoms with Gasteiger partial charge in [-0.05, 0) is 25.0 Å². The molecular weight excluding hydrogens is 365 g/mol. The van der Waals surface area contributed by atoms with E-state index in [0.717, 1.165) is 12.8 Å². The number of aromatic nitrogens is 3. The Bertz CT molecular complexity index is 872. The number of rotatable bonds is 4. The van der Waals surface area contributed by atoms with Gasteiger partial charge in [0.05, 0.1) is 0 Å². The Morgan fingerprint density at radius 3 is 2.68 bits per heavy atom. The van der Waals surface area contributed by atoms with Crippen LogP contribution in [0, 0.1) is 11.7 Å². The van der Waals surface area contributed by atoms with Gasteiger partial charge in [0.2, 0.25) is 11.8 Å². The molecule has 2 amide bonds. The van der Waals surface area contributed by atoms with Crippen LogP contribution in [0.25, 0.3) is 0 Å². The van der Waals surface area contributed by atoms with Crippen LogP contribution in [0.4, 0.5) is 4.39 Å². The molecule has 2 aliphatic heterocycles. The number of carbonyl (C=O) groups is 2. The molecule has 2 saturated heterocycles. The van der Waals surface area contributed by atoms with Gasteiger partial charge in [-0.25, -0.2) is 9.37 Å². The summed E-state index contributed by atoms with van der Waals surface area (Å²) in [5.41, 5.74) is -0.141. The van der Waals surface area contributed by atoms with E-state index >= 15 is 0 Å². The Labute approximate surface area is 161 Å². The number of pyridine rings is 1. The van der Waals surface area contributed by atoms with Crippen molar-refractivity contribution >= 4 is 11.8 Å². The maximum absolute atomic E-state index is 13.7. The van der Waals surface area contributed by atoms with Gasteiger partial charge in [-0.1, -0.05) is 5.16 Å². The summed E-state index contributed by atoms with van der Waals surface area (Å²) in [6.45, 7) is 4.05. The molecule has 0 spiro atoms. The third-order valence-electron chi connectivity index (χ3n) is 5.46. The lowest BCUT2D eigenvalue weighted by atomic mass is 9.95. The van der Waals surface area contributed by atoms with Crippen LogP contribution < -0.4 is 0 Å². The molecule has 0 unspecified atom stereocenters. The molecule has 0 N–H and O–H groups in total. The van der Waals surface area contributed by atoms with Crippen molar-refractivity contribution in [2.75, 3.05) is 26.2 Å². The quantitative estimate of drug-likeness (QED) is 0.792. The molecule has 2 aromatic rings. The predicted molar refractivity (Wildman–Crippen MR) is 95.8 cm³/mol. The molecule has 0 aromatic carbocycles. The molecule has 2 aromatic heterocycles. The minimum absolute atomic E-state index is 0.0990. The molecule has 148 valence electrons. The highest BCUT2D eigenvalue weighted by Crippen LogP contribution is 2.27. The molecule has 0 aliphatic carbocycles. The molecule has 2 aliphatic rings. The summed E-state index contributed by atoms with van der Waals surface area (Å²) in [5, 5.41) is 4.10. The second-order valence-electron chi connectivity index (χ2n) is 7.44. The summed E-state index contributed by atoms with van der Waals surface area (Å²) in [5.74, 6) is 0.780. The zero-order chi connectivity index (χ0) is 19.7. The number of carbonyl (C=O) groups excluding carboxylic acids is 2. The zero-order valence-electron chi connectivity index (χ0n) is 15.7. The molecule has 4 heterocycles. The van der Waals surface area contributed by atoms with Crippen molar-refractivity contribution in [3.8, 4) is 0 Å². The van der Waals surface area contributed by atoms with E-state index in [2.05, 4.69) is 15.1 Å². The largest absolute Gasteiger partial charge is 0.343 e. The SMILES string of the molecule is CC(=O)N1CCC(c2noc(CC3CN(C(=O)c4ncccc4F)C3)n2)CC1. The van der Waals surface area contributed by atoms with Gasteiger partial charge in [-0.3, -0.25) is 9.59 Å². The van der Waals surface area contributed by atoms with Gasteiger partial charge < -0.3 is 14.3 Å².